The van der Waals surface area contributed by atoms with Gasteiger partial charge in [-0.05, 0) is 10.4 Å². The van der Waals surface area contributed by atoms with Gasteiger partial charge in [-0.15, -0.1) is 5.10 Å². The van der Waals surface area contributed by atoms with E-state index in [0.29, 0.717) is 18.9 Å². The number of hydrogen-bond acceptors (Lipinski definition) is 6. The van der Waals surface area contributed by atoms with Gasteiger partial charge in [0.2, 0.25) is 0 Å². The molecule has 1 aromatic rings. The van der Waals surface area contributed by atoms with Crippen LogP contribution in [0.4, 0.5) is 0 Å². The van der Waals surface area contributed by atoms with E-state index >= 15 is 0 Å². The fourth-order valence-corrected chi connectivity index (χ4v) is 1.34. The molecule has 72 valence electrons. The van der Waals surface area contributed by atoms with Gasteiger partial charge < -0.3 is 16.2 Å². The van der Waals surface area contributed by atoms with Crippen molar-refractivity contribution in [1.82, 2.24) is 25.5 Å². The Hall–Kier alpha value is -1.05. The van der Waals surface area contributed by atoms with Crippen molar-refractivity contribution in [3.8, 4) is 0 Å². The normalized spacial score (nSPS) is 22.4. The van der Waals surface area contributed by atoms with Crippen molar-refractivity contribution >= 4 is 0 Å². The van der Waals surface area contributed by atoms with E-state index in [-0.39, 0.29) is 0 Å². The summed E-state index contributed by atoms with van der Waals surface area (Å²) in [6.45, 7) is 0.974. The second-order valence-corrected chi connectivity index (χ2v) is 3.35. The first kappa shape index (κ1) is 8.54. The van der Waals surface area contributed by atoms with Crippen LogP contribution in [-0.4, -0.2) is 44.0 Å². The lowest BCUT2D eigenvalue weighted by molar-refractivity contribution is -0.0363. The number of rotatable bonds is 2. The van der Waals surface area contributed by atoms with Gasteiger partial charge in [0.1, 0.15) is 5.60 Å². The minimum absolute atomic E-state index is 0.487. The van der Waals surface area contributed by atoms with Crippen molar-refractivity contribution in [3.63, 3.8) is 0 Å². The number of aliphatic hydroxyl groups is 1. The number of aromatic nitrogens is 4. The number of hydrogen-bond donors (Lipinski definition) is 3. The highest BCUT2D eigenvalue weighted by atomic mass is 16.3. The minimum Gasteiger partial charge on any atom is -0.385 e. The molecule has 1 fully saturated rings. The quantitative estimate of drug-likeness (QED) is 0.471. The molecule has 7 heteroatoms. The fourth-order valence-electron chi connectivity index (χ4n) is 1.34. The second kappa shape index (κ2) is 2.72. The molecule has 1 unspecified atom stereocenters. The Morgan fingerprint density at radius 2 is 2.38 bits per heavy atom. The van der Waals surface area contributed by atoms with Gasteiger partial charge in [0.05, 0.1) is 6.04 Å². The molecule has 7 nitrogen and oxygen atoms in total. The van der Waals surface area contributed by atoms with E-state index in [4.69, 9.17) is 5.73 Å². The van der Waals surface area contributed by atoms with Gasteiger partial charge in [-0.3, -0.25) is 0 Å². The highest BCUT2D eigenvalue weighted by molar-refractivity contribution is 5.08. The van der Waals surface area contributed by atoms with Gasteiger partial charge in [-0.1, -0.05) is 0 Å². The van der Waals surface area contributed by atoms with E-state index in [2.05, 4.69) is 20.8 Å². The molecule has 0 aromatic carbocycles. The van der Waals surface area contributed by atoms with Gasteiger partial charge in [0.25, 0.3) is 0 Å². The van der Waals surface area contributed by atoms with Crippen LogP contribution in [0.5, 0.6) is 0 Å². The van der Waals surface area contributed by atoms with Gasteiger partial charge in [-0.25, -0.2) is 4.68 Å². The lowest BCUT2D eigenvalue weighted by Crippen LogP contribution is -2.65. The third-order valence-corrected chi connectivity index (χ3v) is 2.37. The highest BCUT2D eigenvalue weighted by Gasteiger charge is 2.43. The average Bonchev–Trinajstić information content (AvgIpc) is 2.46. The van der Waals surface area contributed by atoms with Crippen LogP contribution in [0.25, 0.3) is 0 Å². The Morgan fingerprint density at radius 3 is 2.77 bits per heavy atom. The first-order chi connectivity index (χ1) is 6.13. The molecule has 0 aliphatic carbocycles. The number of β-amino-alcohol motifs (C(OH)–C–C–N with tert-alkyl or cyclic N) is 1. The Balaban J connectivity index is 2.22. The second-order valence-electron chi connectivity index (χ2n) is 3.35. The van der Waals surface area contributed by atoms with E-state index in [0.717, 1.165) is 0 Å². The third kappa shape index (κ3) is 1.21. The van der Waals surface area contributed by atoms with Crippen LogP contribution in [-0.2, 0) is 7.05 Å². The lowest BCUT2D eigenvalue weighted by atomic mass is 9.88. The molecule has 1 aliphatic rings. The summed E-state index contributed by atoms with van der Waals surface area (Å²) in [6.07, 6.45) is 0. The molecule has 2 rings (SSSR count). The first-order valence-electron chi connectivity index (χ1n) is 4.04. The molecule has 13 heavy (non-hydrogen) atoms. The molecular weight excluding hydrogens is 172 g/mol. The molecule has 0 amide bonds. The summed E-state index contributed by atoms with van der Waals surface area (Å²) >= 11 is 0. The van der Waals surface area contributed by atoms with E-state index in [9.17, 15) is 5.11 Å². The molecule has 1 aliphatic heterocycles. The van der Waals surface area contributed by atoms with Crippen LogP contribution in [0.1, 0.15) is 11.9 Å². The highest BCUT2D eigenvalue weighted by Crippen LogP contribution is 2.24. The van der Waals surface area contributed by atoms with Crippen LogP contribution in [0.15, 0.2) is 0 Å². The zero-order valence-electron chi connectivity index (χ0n) is 7.30. The molecule has 0 spiro atoms. The summed E-state index contributed by atoms with van der Waals surface area (Å²) in [4.78, 5) is 0. The molecule has 1 saturated heterocycles. The summed E-state index contributed by atoms with van der Waals surface area (Å²) in [5, 5.41) is 23.7. The fraction of sp³-hybridized carbons (Fsp3) is 0.833. The third-order valence-electron chi connectivity index (χ3n) is 2.37. The van der Waals surface area contributed by atoms with Crippen LogP contribution in [0.2, 0.25) is 0 Å². The molecule has 0 radical (unpaired) electrons. The molecule has 4 N–H and O–H groups in total. The summed E-state index contributed by atoms with van der Waals surface area (Å²) in [5.74, 6) is 0.504. The van der Waals surface area contributed by atoms with Crippen molar-refractivity contribution in [1.29, 1.82) is 0 Å². The maximum atomic E-state index is 9.88. The Labute approximate surface area is 74.9 Å². The Morgan fingerprint density at radius 1 is 1.69 bits per heavy atom. The largest absolute Gasteiger partial charge is 0.385 e. The zero-order valence-corrected chi connectivity index (χ0v) is 7.30. The summed E-state index contributed by atoms with van der Waals surface area (Å²) in [6, 6.07) is -0.534. The maximum Gasteiger partial charge on any atom is 0.170 e. The first-order valence-corrected chi connectivity index (χ1v) is 4.04. The van der Waals surface area contributed by atoms with Crippen molar-refractivity contribution in [2.24, 2.45) is 12.8 Å². The average molecular weight is 184 g/mol. The zero-order chi connectivity index (χ0) is 9.47. The van der Waals surface area contributed by atoms with Crippen molar-refractivity contribution in [2.45, 2.75) is 11.6 Å². The topological polar surface area (TPSA) is 102 Å². The molecule has 1 aromatic heterocycles. The number of nitrogens with zero attached hydrogens (tertiary/aromatic N) is 4. The van der Waals surface area contributed by atoms with Gasteiger partial charge >= 0.3 is 0 Å². The van der Waals surface area contributed by atoms with E-state index in [1.807, 2.05) is 0 Å². The smallest absolute Gasteiger partial charge is 0.170 e. The van der Waals surface area contributed by atoms with Crippen LogP contribution in [0, 0.1) is 0 Å². The van der Waals surface area contributed by atoms with Gasteiger partial charge in [0, 0.05) is 20.1 Å². The molecule has 1 atom stereocenters. The molecule has 2 heterocycles. The SMILES string of the molecule is Cn1nnnc1C(N)C1(O)CNC1. The number of tetrazole rings is 1. The minimum atomic E-state index is -0.900. The predicted octanol–water partition coefficient (Wildman–Crippen LogP) is -2.46. The predicted molar refractivity (Wildman–Crippen MR) is 43.5 cm³/mol. The standard InChI is InChI=1S/C6H12N6O/c1-12-5(9-10-11-12)4(7)6(13)2-8-3-6/h4,8,13H,2-3,7H2,1H3. The van der Waals surface area contributed by atoms with Crippen LogP contribution < -0.4 is 11.1 Å². The lowest BCUT2D eigenvalue weighted by Gasteiger charge is -2.41. The number of nitrogens with two attached hydrogens (primary N) is 1. The van der Waals surface area contributed by atoms with E-state index < -0.39 is 11.6 Å². The summed E-state index contributed by atoms with van der Waals surface area (Å²) < 4.78 is 1.47. The Bertz CT molecular complexity index is 306. The Kier molecular flexibility index (Phi) is 1.79. The molecular formula is C6H12N6O. The number of aryl methyl sites for hydroxylation is 1. The van der Waals surface area contributed by atoms with Crippen molar-refractivity contribution in [3.05, 3.63) is 5.82 Å². The number of nitrogens with one attached hydrogen (secondary N) is 1. The van der Waals surface area contributed by atoms with Crippen molar-refractivity contribution < 1.29 is 5.11 Å². The molecule has 0 saturated carbocycles. The van der Waals surface area contributed by atoms with Crippen LogP contribution >= 0.6 is 0 Å². The summed E-state index contributed by atoms with van der Waals surface area (Å²) in [5.41, 5.74) is 4.93. The maximum absolute atomic E-state index is 9.88. The van der Waals surface area contributed by atoms with E-state index in [1.165, 1.54) is 4.68 Å². The molecule has 0 bridgehead atoms. The van der Waals surface area contributed by atoms with E-state index in [1.54, 1.807) is 7.05 Å². The van der Waals surface area contributed by atoms with Gasteiger partial charge in [0.15, 0.2) is 5.82 Å². The monoisotopic (exact) mass is 184 g/mol. The summed E-state index contributed by atoms with van der Waals surface area (Å²) in [7, 11) is 1.70. The van der Waals surface area contributed by atoms with Crippen molar-refractivity contribution in [2.75, 3.05) is 13.1 Å². The van der Waals surface area contributed by atoms with Gasteiger partial charge in [-0.2, -0.15) is 0 Å². The van der Waals surface area contributed by atoms with Crippen LogP contribution in [0.3, 0.4) is 0 Å².